The van der Waals surface area contributed by atoms with Gasteiger partial charge in [0.05, 0.1) is 6.61 Å². The molecule has 0 spiro atoms. The van der Waals surface area contributed by atoms with Crippen LogP contribution in [0.15, 0.2) is 54.6 Å². The Kier molecular flexibility index (Phi) is 7.73. The molecule has 0 unspecified atom stereocenters. The van der Waals surface area contributed by atoms with Crippen LogP contribution in [0.25, 0.3) is 0 Å². The van der Waals surface area contributed by atoms with E-state index in [1.807, 2.05) is 24.3 Å². The molecule has 0 N–H and O–H groups in total. The molecule has 0 fully saturated rings. The van der Waals surface area contributed by atoms with Crippen molar-refractivity contribution >= 4 is 11.8 Å². The van der Waals surface area contributed by atoms with Gasteiger partial charge in [-0.25, -0.2) is 4.79 Å². The molecule has 3 nitrogen and oxygen atoms in total. The second kappa shape index (κ2) is 9.73. The summed E-state index contributed by atoms with van der Waals surface area (Å²) in [6, 6.07) is 9.18. The van der Waals surface area contributed by atoms with E-state index in [-0.39, 0.29) is 11.8 Å². The lowest BCUT2D eigenvalue weighted by Gasteiger charge is -1.95. The third kappa shape index (κ3) is 6.69. The molecule has 0 radical (unpaired) electrons. The van der Waals surface area contributed by atoms with Gasteiger partial charge in [-0.2, -0.15) is 0 Å². The predicted molar refractivity (Wildman–Crippen MR) is 79.5 cm³/mol. The van der Waals surface area contributed by atoms with Crippen LogP contribution in [0.1, 0.15) is 36.5 Å². The molecule has 0 bridgehead atoms. The van der Waals surface area contributed by atoms with Crippen LogP contribution in [0.5, 0.6) is 0 Å². The average molecular weight is 272 g/mol. The number of ether oxygens (including phenoxy) is 1. The van der Waals surface area contributed by atoms with Crippen LogP contribution in [-0.2, 0) is 9.53 Å². The van der Waals surface area contributed by atoms with E-state index in [0.29, 0.717) is 12.2 Å². The number of hydrogen-bond acceptors (Lipinski definition) is 3. The van der Waals surface area contributed by atoms with Gasteiger partial charge in [0.25, 0.3) is 0 Å². The number of unbranched alkanes of at least 4 members (excludes halogenated alkanes) is 2. The minimum absolute atomic E-state index is 0.0210. The first-order chi connectivity index (χ1) is 9.74. The van der Waals surface area contributed by atoms with E-state index in [9.17, 15) is 9.59 Å². The summed E-state index contributed by atoms with van der Waals surface area (Å²) in [4.78, 5) is 22.7. The van der Waals surface area contributed by atoms with Gasteiger partial charge in [-0.05, 0) is 32.3 Å². The Labute approximate surface area is 120 Å². The van der Waals surface area contributed by atoms with Crippen LogP contribution in [0.2, 0.25) is 0 Å². The first-order valence-electron chi connectivity index (χ1n) is 6.83. The second-order valence-corrected chi connectivity index (χ2v) is 4.22. The van der Waals surface area contributed by atoms with Crippen LogP contribution < -0.4 is 0 Å². The molecule has 0 heterocycles. The minimum Gasteiger partial charge on any atom is -0.463 e. The molecule has 1 aromatic carbocycles. The molecule has 3 heteroatoms. The monoisotopic (exact) mass is 272 g/mol. The highest BCUT2D eigenvalue weighted by Crippen LogP contribution is 2.03. The lowest BCUT2D eigenvalue weighted by Crippen LogP contribution is -1.98. The molecular formula is C17H20O3. The van der Waals surface area contributed by atoms with E-state index >= 15 is 0 Å². The van der Waals surface area contributed by atoms with Crippen LogP contribution in [0, 0.1) is 0 Å². The zero-order chi connectivity index (χ0) is 14.6. The fourth-order valence-electron chi connectivity index (χ4n) is 1.61. The van der Waals surface area contributed by atoms with Crippen molar-refractivity contribution in [3.8, 4) is 0 Å². The molecule has 106 valence electrons. The molecule has 0 aliphatic rings. The molecule has 0 aromatic heterocycles. The summed E-state index contributed by atoms with van der Waals surface area (Å²) in [5, 5.41) is 0. The first-order valence-corrected chi connectivity index (χ1v) is 6.83. The van der Waals surface area contributed by atoms with Gasteiger partial charge >= 0.3 is 5.97 Å². The van der Waals surface area contributed by atoms with E-state index in [1.165, 1.54) is 6.08 Å². The van der Waals surface area contributed by atoms with Crippen LogP contribution in [-0.4, -0.2) is 18.4 Å². The quantitative estimate of drug-likeness (QED) is 0.313. The summed E-state index contributed by atoms with van der Waals surface area (Å²) in [7, 11) is 0. The van der Waals surface area contributed by atoms with E-state index in [2.05, 4.69) is 0 Å². The summed E-state index contributed by atoms with van der Waals surface area (Å²) in [5.74, 6) is -0.282. The van der Waals surface area contributed by atoms with Crippen LogP contribution >= 0.6 is 0 Å². The highest BCUT2D eigenvalue weighted by Gasteiger charge is 1.98. The zero-order valence-electron chi connectivity index (χ0n) is 11.7. The molecule has 0 saturated carbocycles. The number of rotatable bonds is 8. The summed E-state index contributed by atoms with van der Waals surface area (Å²) >= 11 is 0. The van der Waals surface area contributed by atoms with Crippen molar-refractivity contribution in [3.05, 3.63) is 60.2 Å². The molecule has 0 atom stereocenters. The Morgan fingerprint density at radius 3 is 2.35 bits per heavy atom. The van der Waals surface area contributed by atoms with E-state index in [4.69, 9.17) is 4.74 Å². The lowest BCUT2D eigenvalue weighted by molar-refractivity contribution is -0.137. The van der Waals surface area contributed by atoms with Gasteiger partial charge in [0.15, 0.2) is 5.78 Å². The molecule has 20 heavy (non-hydrogen) atoms. The van der Waals surface area contributed by atoms with Gasteiger partial charge in [0.1, 0.15) is 0 Å². The normalized spacial score (nSPS) is 11.1. The number of benzene rings is 1. The van der Waals surface area contributed by atoms with E-state index < -0.39 is 0 Å². The standard InChI is InChI=1S/C17H20O3/c1-2-20-17(19)14-10-5-3-4-9-13-16(18)15-11-7-6-8-12-15/h6-14H,2-5H2,1H3/b13-9+,14-10+. The maximum absolute atomic E-state index is 11.7. The van der Waals surface area contributed by atoms with Gasteiger partial charge in [-0.15, -0.1) is 0 Å². The SMILES string of the molecule is CCOC(=O)/C=C/CCC/C=C/C(=O)c1ccccc1. The third-order valence-corrected chi connectivity index (χ3v) is 2.61. The molecule has 0 amide bonds. The zero-order valence-corrected chi connectivity index (χ0v) is 11.7. The summed E-state index contributed by atoms with van der Waals surface area (Å²) in [6.45, 7) is 2.17. The Morgan fingerprint density at radius 2 is 1.70 bits per heavy atom. The van der Waals surface area contributed by atoms with Gasteiger partial charge in [-0.3, -0.25) is 4.79 Å². The van der Waals surface area contributed by atoms with E-state index in [0.717, 1.165) is 19.3 Å². The number of ketones is 1. The third-order valence-electron chi connectivity index (χ3n) is 2.61. The maximum atomic E-state index is 11.7. The van der Waals surface area contributed by atoms with E-state index in [1.54, 1.807) is 31.2 Å². The largest absolute Gasteiger partial charge is 0.463 e. The number of carbonyl (C=O) groups excluding carboxylic acids is 2. The predicted octanol–water partition coefficient (Wildman–Crippen LogP) is 3.72. The first kappa shape index (κ1) is 15.9. The van der Waals surface area contributed by atoms with Crippen molar-refractivity contribution in [2.24, 2.45) is 0 Å². The number of esters is 1. The number of carbonyl (C=O) groups is 2. The van der Waals surface area contributed by atoms with Gasteiger partial charge in [0, 0.05) is 11.6 Å². The van der Waals surface area contributed by atoms with Gasteiger partial charge < -0.3 is 4.74 Å². The molecular weight excluding hydrogens is 252 g/mol. The Balaban J connectivity index is 2.20. The van der Waals surface area contributed by atoms with Crippen molar-refractivity contribution in [2.45, 2.75) is 26.2 Å². The Hall–Kier alpha value is -2.16. The molecule has 1 rings (SSSR count). The van der Waals surface area contributed by atoms with Crippen molar-refractivity contribution in [1.29, 1.82) is 0 Å². The molecule has 0 aliphatic heterocycles. The van der Waals surface area contributed by atoms with Crippen molar-refractivity contribution < 1.29 is 14.3 Å². The van der Waals surface area contributed by atoms with Gasteiger partial charge in [-0.1, -0.05) is 42.5 Å². The smallest absolute Gasteiger partial charge is 0.330 e. The van der Waals surface area contributed by atoms with Crippen molar-refractivity contribution in [3.63, 3.8) is 0 Å². The maximum Gasteiger partial charge on any atom is 0.330 e. The molecule has 0 saturated heterocycles. The second-order valence-electron chi connectivity index (χ2n) is 4.22. The number of hydrogen-bond donors (Lipinski definition) is 0. The minimum atomic E-state index is -0.303. The summed E-state index contributed by atoms with van der Waals surface area (Å²) in [6.07, 6.45) is 9.22. The summed E-state index contributed by atoms with van der Waals surface area (Å²) < 4.78 is 4.77. The van der Waals surface area contributed by atoms with Crippen molar-refractivity contribution in [2.75, 3.05) is 6.61 Å². The Bertz CT molecular complexity index is 472. The fraction of sp³-hybridized carbons (Fsp3) is 0.294. The average Bonchev–Trinajstić information content (AvgIpc) is 2.47. The number of allylic oxidation sites excluding steroid dienone is 3. The van der Waals surface area contributed by atoms with Crippen LogP contribution in [0.3, 0.4) is 0 Å². The van der Waals surface area contributed by atoms with Crippen molar-refractivity contribution in [1.82, 2.24) is 0 Å². The molecule has 0 aliphatic carbocycles. The fourth-order valence-corrected chi connectivity index (χ4v) is 1.61. The van der Waals surface area contributed by atoms with Crippen LogP contribution in [0.4, 0.5) is 0 Å². The van der Waals surface area contributed by atoms with Gasteiger partial charge in [0.2, 0.25) is 0 Å². The lowest BCUT2D eigenvalue weighted by atomic mass is 10.1. The Morgan fingerprint density at radius 1 is 1.05 bits per heavy atom. The topological polar surface area (TPSA) is 43.4 Å². The molecule has 1 aromatic rings. The highest BCUT2D eigenvalue weighted by molar-refractivity contribution is 6.04. The highest BCUT2D eigenvalue weighted by atomic mass is 16.5. The summed E-state index contributed by atoms with van der Waals surface area (Å²) in [5.41, 5.74) is 0.700.